The van der Waals surface area contributed by atoms with Crippen LogP contribution in [0.4, 0.5) is 4.79 Å². The number of pyridine rings is 1. The van der Waals surface area contributed by atoms with Gasteiger partial charge in [-0.2, -0.15) is 9.78 Å². The molecule has 16 heavy (non-hydrogen) atoms. The Morgan fingerprint density at radius 1 is 1.44 bits per heavy atom. The molecule has 2 heterocycles. The van der Waals surface area contributed by atoms with Gasteiger partial charge in [0, 0.05) is 28.3 Å². The minimum absolute atomic E-state index is 0.113. The van der Waals surface area contributed by atoms with Crippen molar-refractivity contribution in [3.63, 3.8) is 0 Å². The summed E-state index contributed by atoms with van der Waals surface area (Å²) in [6, 6.07) is 1.05. The molecule has 0 aromatic carbocycles. The smallest absolute Gasteiger partial charge is 0.432 e. The van der Waals surface area contributed by atoms with Crippen molar-refractivity contribution in [3.05, 3.63) is 18.5 Å². The lowest BCUT2D eigenvalue weighted by atomic mass is 10.3. The topological polar surface area (TPSA) is 102 Å². The van der Waals surface area contributed by atoms with Crippen LogP contribution >= 0.6 is 10.7 Å². The summed E-state index contributed by atoms with van der Waals surface area (Å²) in [7, 11) is 1.10. The number of carbonyl (C=O) groups is 1. The lowest BCUT2D eigenvalue weighted by Gasteiger charge is -1.97. The molecule has 0 saturated heterocycles. The van der Waals surface area contributed by atoms with Crippen molar-refractivity contribution in [2.24, 2.45) is 0 Å². The zero-order chi connectivity index (χ0) is 11.9. The predicted molar refractivity (Wildman–Crippen MR) is 54.0 cm³/mol. The van der Waals surface area contributed by atoms with Gasteiger partial charge in [0.05, 0.1) is 11.7 Å². The third-order valence-electron chi connectivity index (χ3n) is 1.86. The van der Waals surface area contributed by atoms with Gasteiger partial charge in [-0.25, -0.2) is 18.2 Å². The van der Waals surface area contributed by atoms with Gasteiger partial charge in [-0.3, -0.25) is 0 Å². The first kappa shape index (κ1) is 10.8. The van der Waals surface area contributed by atoms with Gasteiger partial charge in [0.15, 0.2) is 5.03 Å². The first-order valence-corrected chi connectivity index (χ1v) is 6.22. The molecule has 2 rings (SSSR count). The number of halogens is 1. The third-order valence-corrected chi connectivity index (χ3v) is 3.06. The van der Waals surface area contributed by atoms with E-state index in [1.54, 1.807) is 0 Å². The standard InChI is InChI=1S/C7H4ClN3O4S/c8-16(14,15)6-1-5-4(2-9-6)3-10-11(5)7(12)13/h1-3H,(H,12,13). The van der Waals surface area contributed by atoms with Crippen molar-refractivity contribution in [2.75, 3.05) is 0 Å². The largest absolute Gasteiger partial charge is 0.463 e. The number of hydrogen-bond acceptors (Lipinski definition) is 5. The van der Waals surface area contributed by atoms with Crippen LogP contribution in [0.3, 0.4) is 0 Å². The minimum Gasteiger partial charge on any atom is -0.463 e. The number of hydrogen-bond donors (Lipinski definition) is 1. The lowest BCUT2D eigenvalue weighted by molar-refractivity contribution is 0.194. The summed E-state index contributed by atoms with van der Waals surface area (Å²) >= 11 is 0. The molecule has 0 amide bonds. The van der Waals surface area contributed by atoms with Crippen molar-refractivity contribution in [2.45, 2.75) is 5.03 Å². The first-order chi connectivity index (χ1) is 7.39. The third kappa shape index (κ3) is 1.72. The molecule has 0 aliphatic heterocycles. The fourth-order valence-electron chi connectivity index (χ4n) is 1.19. The summed E-state index contributed by atoms with van der Waals surface area (Å²) in [5.74, 6) is 0. The van der Waals surface area contributed by atoms with E-state index in [9.17, 15) is 13.2 Å². The average Bonchev–Trinajstić information content (AvgIpc) is 2.58. The van der Waals surface area contributed by atoms with E-state index >= 15 is 0 Å². The predicted octanol–water partition coefficient (Wildman–Crippen LogP) is 0.885. The van der Waals surface area contributed by atoms with Crippen molar-refractivity contribution in [1.82, 2.24) is 14.8 Å². The summed E-state index contributed by atoms with van der Waals surface area (Å²) in [6.07, 6.45) is 1.14. The fourth-order valence-corrected chi connectivity index (χ4v) is 1.87. The van der Waals surface area contributed by atoms with Crippen LogP contribution in [0.1, 0.15) is 0 Å². The van der Waals surface area contributed by atoms with Crippen LogP contribution < -0.4 is 0 Å². The van der Waals surface area contributed by atoms with Gasteiger partial charge in [-0.1, -0.05) is 0 Å². The normalized spacial score (nSPS) is 11.8. The van der Waals surface area contributed by atoms with E-state index in [0.717, 1.165) is 6.07 Å². The first-order valence-electron chi connectivity index (χ1n) is 3.91. The Morgan fingerprint density at radius 3 is 2.69 bits per heavy atom. The molecule has 7 nitrogen and oxygen atoms in total. The maximum Gasteiger partial charge on any atom is 0.432 e. The maximum atomic E-state index is 11.0. The van der Waals surface area contributed by atoms with E-state index in [1.807, 2.05) is 0 Å². The van der Waals surface area contributed by atoms with E-state index in [4.69, 9.17) is 15.8 Å². The highest BCUT2D eigenvalue weighted by molar-refractivity contribution is 8.13. The fraction of sp³-hybridized carbons (Fsp3) is 0. The molecule has 0 aliphatic carbocycles. The second kappa shape index (κ2) is 3.42. The number of nitrogens with zero attached hydrogens (tertiary/aromatic N) is 3. The summed E-state index contributed by atoms with van der Waals surface area (Å²) in [5, 5.41) is 12.3. The SMILES string of the molecule is O=C(O)n1ncc2cnc(S(=O)(=O)Cl)cc21. The molecule has 0 bridgehead atoms. The van der Waals surface area contributed by atoms with E-state index < -0.39 is 20.2 Å². The van der Waals surface area contributed by atoms with Crippen LogP contribution in [-0.2, 0) is 9.05 Å². The van der Waals surface area contributed by atoms with Crippen LogP contribution in [0.5, 0.6) is 0 Å². The molecule has 2 aromatic heterocycles. The minimum atomic E-state index is -3.99. The highest BCUT2D eigenvalue weighted by Gasteiger charge is 2.16. The van der Waals surface area contributed by atoms with Crippen LogP contribution in [0.2, 0.25) is 0 Å². The van der Waals surface area contributed by atoms with Crippen molar-refractivity contribution in [1.29, 1.82) is 0 Å². The zero-order valence-electron chi connectivity index (χ0n) is 7.53. The van der Waals surface area contributed by atoms with Crippen LogP contribution in [0.25, 0.3) is 10.9 Å². The van der Waals surface area contributed by atoms with Gasteiger partial charge >= 0.3 is 6.09 Å². The Kier molecular flexibility index (Phi) is 2.32. The van der Waals surface area contributed by atoms with E-state index in [2.05, 4.69) is 10.1 Å². The molecule has 2 aromatic rings. The average molecular weight is 262 g/mol. The Balaban J connectivity index is 2.78. The second-order valence-corrected chi connectivity index (χ2v) is 5.37. The Morgan fingerprint density at radius 2 is 2.12 bits per heavy atom. The monoisotopic (exact) mass is 261 g/mol. The molecule has 0 atom stereocenters. The zero-order valence-corrected chi connectivity index (χ0v) is 9.10. The quantitative estimate of drug-likeness (QED) is 0.765. The highest BCUT2D eigenvalue weighted by Crippen LogP contribution is 2.18. The van der Waals surface area contributed by atoms with Crippen molar-refractivity contribution >= 4 is 36.7 Å². The lowest BCUT2D eigenvalue weighted by Crippen LogP contribution is -2.09. The molecular formula is C7H4ClN3O4S. The van der Waals surface area contributed by atoms with Gasteiger partial charge < -0.3 is 5.11 Å². The number of carboxylic acid groups (broad SMARTS) is 1. The van der Waals surface area contributed by atoms with E-state index in [-0.39, 0.29) is 5.52 Å². The van der Waals surface area contributed by atoms with Crippen LogP contribution in [0.15, 0.2) is 23.5 Å². The van der Waals surface area contributed by atoms with E-state index in [0.29, 0.717) is 10.1 Å². The second-order valence-electron chi connectivity index (χ2n) is 2.86. The Labute approximate surface area is 93.7 Å². The molecule has 84 valence electrons. The summed E-state index contributed by atoms with van der Waals surface area (Å²) in [5.41, 5.74) is 0.113. The maximum absolute atomic E-state index is 11.0. The van der Waals surface area contributed by atoms with Gasteiger partial charge in [0.25, 0.3) is 9.05 Å². The molecule has 0 radical (unpaired) electrons. The molecule has 9 heteroatoms. The summed E-state index contributed by atoms with van der Waals surface area (Å²) in [4.78, 5) is 14.3. The molecule has 0 fully saturated rings. The van der Waals surface area contributed by atoms with Crippen LogP contribution in [0, 0.1) is 0 Å². The summed E-state index contributed by atoms with van der Waals surface area (Å²) in [6.45, 7) is 0. The Bertz CT molecular complexity index is 678. The van der Waals surface area contributed by atoms with Crippen molar-refractivity contribution in [3.8, 4) is 0 Å². The number of aromatic nitrogens is 3. The van der Waals surface area contributed by atoms with E-state index in [1.165, 1.54) is 12.4 Å². The van der Waals surface area contributed by atoms with Crippen LogP contribution in [-0.4, -0.2) is 34.4 Å². The van der Waals surface area contributed by atoms with Gasteiger partial charge in [-0.15, -0.1) is 0 Å². The van der Waals surface area contributed by atoms with Crippen molar-refractivity contribution < 1.29 is 18.3 Å². The summed E-state index contributed by atoms with van der Waals surface area (Å²) < 4.78 is 22.7. The van der Waals surface area contributed by atoms with Gasteiger partial charge in [-0.05, 0) is 0 Å². The van der Waals surface area contributed by atoms with Gasteiger partial charge in [0.1, 0.15) is 0 Å². The molecule has 1 N–H and O–H groups in total. The number of rotatable bonds is 1. The molecular weight excluding hydrogens is 258 g/mol. The molecule has 0 unspecified atom stereocenters. The highest BCUT2D eigenvalue weighted by atomic mass is 35.7. The number of fused-ring (bicyclic) bond motifs is 1. The molecule has 0 aliphatic rings. The van der Waals surface area contributed by atoms with Gasteiger partial charge in [0.2, 0.25) is 0 Å². The molecule has 0 spiro atoms. The molecule has 0 saturated carbocycles. The Hall–Kier alpha value is -1.67.